The molecule has 0 unspecified atom stereocenters. The lowest BCUT2D eigenvalue weighted by molar-refractivity contribution is 0.0593. The minimum Gasteiger partial charge on any atom is -0.477 e. The van der Waals surface area contributed by atoms with Crippen LogP contribution in [0.15, 0.2) is 6.07 Å². The Labute approximate surface area is 128 Å². The molecular formula is C15H20N2O5. The summed E-state index contributed by atoms with van der Waals surface area (Å²) in [7, 11) is 1.62. The molecule has 0 spiro atoms. The molecule has 22 heavy (non-hydrogen) atoms. The average molecular weight is 308 g/mol. The molecule has 0 radical (unpaired) electrons. The Hall–Kier alpha value is -1.86. The topological polar surface area (TPSA) is 81.0 Å². The van der Waals surface area contributed by atoms with Crippen molar-refractivity contribution in [3.8, 4) is 0 Å². The van der Waals surface area contributed by atoms with Gasteiger partial charge in [-0.25, -0.2) is 4.79 Å². The Morgan fingerprint density at radius 1 is 1.45 bits per heavy atom. The van der Waals surface area contributed by atoms with E-state index in [4.69, 9.17) is 9.47 Å². The first-order valence-electron chi connectivity index (χ1n) is 7.47. The number of amides is 1. The first-order chi connectivity index (χ1) is 10.6. The first-order valence-corrected chi connectivity index (χ1v) is 7.47. The van der Waals surface area contributed by atoms with Gasteiger partial charge in [0.05, 0.1) is 37.1 Å². The van der Waals surface area contributed by atoms with Crippen LogP contribution in [-0.2, 0) is 22.6 Å². The largest absolute Gasteiger partial charge is 0.477 e. The highest BCUT2D eigenvalue weighted by molar-refractivity contribution is 5.99. The molecule has 2 aliphatic heterocycles. The maximum Gasteiger partial charge on any atom is 0.352 e. The van der Waals surface area contributed by atoms with Crippen LogP contribution in [0.2, 0.25) is 0 Å². The van der Waals surface area contributed by atoms with Crippen molar-refractivity contribution in [3.05, 3.63) is 23.0 Å². The van der Waals surface area contributed by atoms with Gasteiger partial charge in [0.15, 0.2) is 0 Å². The highest BCUT2D eigenvalue weighted by Crippen LogP contribution is 2.26. The second kappa shape index (κ2) is 6.10. The lowest BCUT2D eigenvalue weighted by atomic mass is 10.1. The number of hydrogen-bond acceptors (Lipinski definition) is 4. The molecule has 3 rings (SSSR count). The Morgan fingerprint density at radius 2 is 2.27 bits per heavy atom. The summed E-state index contributed by atoms with van der Waals surface area (Å²) < 4.78 is 12.3. The van der Waals surface area contributed by atoms with E-state index in [9.17, 15) is 14.7 Å². The predicted molar refractivity (Wildman–Crippen MR) is 77.0 cm³/mol. The van der Waals surface area contributed by atoms with Crippen LogP contribution in [0.3, 0.4) is 0 Å². The predicted octanol–water partition coefficient (Wildman–Crippen LogP) is 0.968. The molecule has 1 saturated heterocycles. The van der Waals surface area contributed by atoms with Crippen molar-refractivity contribution >= 4 is 11.9 Å². The first kappa shape index (κ1) is 15.1. The number of carbonyl (C=O) groups excluding carboxylic acids is 1. The van der Waals surface area contributed by atoms with Gasteiger partial charge in [0.2, 0.25) is 0 Å². The maximum absolute atomic E-state index is 12.8. The van der Waals surface area contributed by atoms with E-state index < -0.39 is 5.97 Å². The number of hydrogen-bond donors (Lipinski definition) is 1. The van der Waals surface area contributed by atoms with Crippen LogP contribution in [0.4, 0.5) is 0 Å². The van der Waals surface area contributed by atoms with E-state index in [1.165, 1.54) is 6.07 Å². The molecule has 1 amide bonds. The summed E-state index contributed by atoms with van der Waals surface area (Å²) in [6, 6.07) is 1.54. The molecule has 1 fully saturated rings. The maximum atomic E-state index is 12.8. The summed E-state index contributed by atoms with van der Waals surface area (Å²) in [5.74, 6) is -1.14. The van der Waals surface area contributed by atoms with Crippen LogP contribution in [-0.4, -0.2) is 59.4 Å². The number of carbonyl (C=O) groups is 2. The van der Waals surface area contributed by atoms with Gasteiger partial charge in [-0.3, -0.25) is 4.79 Å². The number of carboxylic acid groups (broad SMARTS) is 1. The highest BCUT2D eigenvalue weighted by atomic mass is 16.5. The second-order valence-corrected chi connectivity index (χ2v) is 5.65. The van der Waals surface area contributed by atoms with Crippen LogP contribution in [0.5, 0.6) is 0 Å². The minimum atomic E-state index is -1.02. The van der Waals surface area contributed by atoms with Crippen molar-refractivity contribution in [2.45, 2.75) is 32.0 Å². The number of methoxy groups -OCH3 is 1. The lowest BCUT2D eigenvalue weighted by Crippen LogP contribution is -2.38. The summed E-state index contributed by atoms with van der Waals surface area (Å²) in [5.41, 5.74) is 1.26. The van der Waals surface area contributed by atoms with E-state index >= 15 is 0 Å². The van der Waals surface area contributed by atoms with Crippen LogP contribution >= 0.6 is 0 Å². The zero-order valence-corrected chi connectivity index (χ0v) is 12.6. The fourth-order valence-electron chi connectivity index (χ4n) is 3.31. The molecule has 0 saturated carbocycles. The van der Waals surface area contributed by atoms with Crippen LogP contribution < -0.4 is 0 Å². The van der Waals surface area contributed by atoms with Gasteiger partial charge in [-0.15, -0.1) is 0 Å². The Kier molecular flexibility index (Phi) is 4.17. The Morgan fingerprint density at radius 3 is 3.00 bits per heavy atom. The Balaban J connectivity index is 1.94. The number of rotatable bonds is 4. The van der Waals surface area contributed by atoms with E-state index in [1.54, 1.807) is 16.6 Å². The van der Waals surface area contributed by atoms with E-state index in [-0.39, 0.29) is 24.2 Å². The van der Waals surface area contributed by atoms with Gasteiger partial charge < -0.3 is 24.0 Å². The number of likely N-dealkylation sites (tertiary alicyclic amines) is 1. The molecule has 0 aliphatic carbocycles. The summed E-state index contributed by atoms with van der Waals surface area (Å²) in [4.78, 5) is 26.0. The molecular weight excluding hydrogens is 288 g/mol. The zero-order valence-electron chi connectivity index (χ0n) is 12.6. The van der Waals surface area contributed by atoms with Crippen molar-refractivity contribution in [1.29, 1.82) is 0 Å². The fourth-order valence-corrected chi connectivity index (χ4v) is 3.31. The molecule has 2 aliphatic rings. The third kappa shape index (κ3) is 2.50. The van der Waals surface area contributed by atoms with Crippen LogP contribution in [0, 0.1) is 0 Å². The number of aromatic carboxylic acids is 1. The molecule has 1 aromatic rings. The third-order valence-electron chi connectivity index (χ3n) is 4.35. The van der Waals surface area contributed by atoms with Gasteiger partial charge in [-0.05, 0) is 18.9 Å². The quantitative estimate of drug-likeness (QED) is 0.896. The molecule has 3 heterocycles. The summed E-state index contributed by atoms with van der Waals surface area (Å²) in [5, 5.41) is 9.33. The number of fused-ring (bicyclic) bond motifs is 1. The molecule has 7 heteroatoms. The molecule has 1 aromatic heterocycles. The van der Waals surface area contributed by atoms with E-state index in [0.717, 1.165) is 12.8 Å². The summed E-state index contributed by atoms with van der Waals surface area (Å²) in [6.07, 6.45) is 1.86. The number of ether oxygens (including phenoxy) is 2. The highest BCUT2D eigenvalue weighted by Gasteiger charge is 2.33. The minimum absolute atomic E-state index is 0.0610. The van der Waals surface area contributed by atoms with Crippen molar-refractivity contribution < 1.29 is 24.2 Å². The molecule has 7 nitrogen and oxygen atoms in total. The van der Waals surface area contributed by atoms with Gasteiger partial charge in [-0.1, -0.05) is 0 Å². The molecule has 0 aromatic carbocycles. The second-order valence-electron chi connectivity index (χ2n) is 5.65. The molecule has 0 bridgehead atoms. The Bertz CT molecular complexity index is 595. The van der Waals surface area contributed by atoms with Crippen molar-refractivity contribution in [3.63, 3.8) is 0 Å². The molecule has 1 N–H and O–H groups in total. The van der Waals surface area contributed by atoms with E-state index in [2.05, 4.69) is 0 Å². The average Bonchev–Trinajstić information content (AvgIpc) is 3.11. The van der Waals surface area contributed by atoms with Gasteiger partial charge in [0.1, 0.15) is 5.69 Å². The zero-order chi connectivity index (χ0) is 15.7. The van der Waals surface area contributed by atoms with Crippen molar-refractivity contribution in [2.24, 2.45) is 0 Å². The van der Waals surface area contributed by atoms with Gasteiger partial charge >= 0.3 is 5.97 Å². The lowest BCUT2D eigenvalue weighted by Gasteiger charge is -2.25. The van der Waals surface area contributed by atoms with E-state index in [1.807, 2.05) is 0 Å². The fraction of sp³-hybridized carbons (Fsp3) is 0.600. The summed E-state index contributed by atoms with van der Waals surface area (Å²) in [6.45, 7) is 2.39. The van der Waals surface area contributed by atoms with Gasteiger partial charge in [0, 0.05) is 20.2 Å². The standard InChI is InChI=1S/C15H20N2O5/c1-21-8-10-3-2-4-16(10)14(18)11-7-12(15(19)20)17-5-6-22-9-13(11)17/h7,10H,2-6,8-9H2,1H3,(H,19,20)/t10-/m1/s1. The normalized spacial score (nSPS) is 21.0. The van der Waals surface area contributed by atoms with Crippen molar-refractivity contribution in [2.75, 3.05) is 26.9 Å². The smallest absolute Gasteiger partial charge is 0.352 e. The van der Waals surface area contributed by atoms with Gasteiger partial charge in [0.25, 0.3) is 5.91 Å². The number of carboxylic acids is 1. The van der Waals surface area contributed by atoms with Crippen LogP contribution in [0.25, 0.3) is 0 Å². The SMILES string of the molecule is COC[C@H]1CCCN1C(=O)c1cc(C(=O)O)n2c1COCC2. The molecule has 1 atom stereocenters. The summed E-state index contributed by atoms with van der Waals surface area (Å²) >= 11 is 0. The van der Waals surface area contributed by atoms with Gasteiger partial charge in [-0.2, -0.15) is 0 Å². The molecule has 120 valence electrons. The third-order valence-corrected chi connectivity index (χ3v) is 4.35. The number of nitrogens with zero attached hydrogens (tertiary/aromatic N) is 2. The van der Waals surface area contributed by atoms with E-state index in [0.29, 0.717) is 37.6 Å². The number of aromatic nitrogens is 1. The van der Waals surface area contributed by atoms with Crippen molar-refractivity contribution in [1.82, 2.24) is 9.47 Å². The monoisotopic (exact) mass is 308 g/mol. The van der Waals surface area contributed by atoms with Crippen LogP contribution in [0.1, 0.15) is 39.4 Å².